The molecule has 0 radical (unpaired) electrons. The molecule has 0 saturated carbocycles. The first-order valence-corrected chi connectivity index (χ1v) is 9.54. The first-order valence-electron chi connectivity index (χ1n) is 9.54. The Morgan fingerprint density at radius 3 is 1.67 bits per heavy atom. The lowest BCUT2D eigenvalue weighted by Gasteiger charge is -2.18. The van der Waals surface area contributed by atoms with Crippen LogP contribution in [0.25, 0.3) is 34.2 Å². The average Bonchev–Trinajstić information content (AvgIpc) is 2.84. The van der Waals surface area contributed by atoms with Crippen molar-refractivity contribution in [3.63, 3.8) is 0 Å². The standard InChI is InChI=1S/C25H21N5/c1-4-18(2)30(3)22-16-15-21(17-26-22)25-28-23(19-11-7-5-8-12-19)27-24(29-25)20-13-9-6-10-14-20/h4-17H,1-2H2,3H3. The van der Waals surface area contributed by atoms with Gasteiger partial charge in [0.1, 0.15) is 5.82 Å². The van der Waals surface area contributed by atoms with Gasteiger partial charge in [0.15, 0.2) is 17.5 Å². The number of likely N-dealkylation sites (N-methyl/N-ethyl adjacent to an activating group) is 1. The highest BCUT2D eigenvalue weighted by Gasteiger charge is 2.13. The highest BCUT2D eigenvalue weighted by atomic mass is 15.2. The van der Waals surface area contributed by atoms with E-state index >= 15 is 0 Å². The van der Waals surface area contributed by atoms with Crippen LogP contribution in [0.5, 0.6) is 0 Å². The zero-order valence-electron chi connectivity index (χ0n) is 16.7. The van der Waals surface area contributed by atoms with Crippen LogP contribution in [0.2, 0.25) is 0 Å². The van der Waals surface area contributed by atoms with Gasteiger partial charge in [-0.15, -0.1) is 0 Å². The maximum absolute atomic E-state index is 4.72. The summed E-state index contributed by atoms with van der Waals surface area (Å²) in [5.74, 6) is 2.59. The molecule has 0 bridgehead atoms. The number of benzene rings is 2. The lowest BCUT2D eigenvalue weighted by atomic mass is 10.1. The third-order valence-electron chi connectivity index (χ3n) is 4.72. The van der Waals surface area contributed by atoms with Crippen LogP contribution in [0, 0.1) is 0 Å². The Kier molecular flexibility index (Phi) is 5.44. The second kappa shape index (κ2) is 8.49. The third-order valence-corrected chi connectivity index (χ3v) is 4.72. The molecule has 5 nitrogen and oxygen atoms in total. The molecule has 0 spiro atoms. The molecule has 2 aromatic heterocycles. The molecule has 0 N–H and O–H groups in total. The summed E-state index contributed by atoms with van der Waals surface area (Å²) in [5, 5.41) is 0. The van der Waals surface area contributed by atoms with Gasteiger partial charge in [-0.3, -0.25) is 0 Å². The Bertz CT molecular complexity index is 1110. The predicted octanol–water partition coefficient (Wildman–Crippen LogP) is 5.40. The number of anilines is 1. The molecule has 0 aliphatic rings. The van der Waals surface area contributed by atoms with Gasteiger partial charge in [-0.2, -0.15) is 0 Å². The Balaban J connectivity index is 1.79. The van der Waals surface area contributed by atoms with Crippen molar-refractivity contribution >= 4 is 5.82 Å². The van der Waals surface area contributed by atoms with Crippen molar-refractivity contribution in [2.75, 3.05) is 11.9 Å². The largest absolute Gasteiger partial charge is 0.330 e. The van der Waals surface area contributed by atoms with Crippen molar-refractivity contribution in [3.8, 4) is 34.2 Å². The Morgan fingerprint density at radius 2 is 1.23 bits per heavy atom. The Morgan fingerprint density at radius 1 is 0.733 bits per heavy atom. The molecule has 146 valence electrons. The van der Waals surface area contributed by atoms with Gasteiger partial charge < -0.3 is 4.90 Å². The minimum atomic E-state index is 0.576. The van der Waals surface area contributed by atoms with Crippen molar-refractivity contribution in [2.24, 2.45) is 0 Å². The molecule has 0 fully saturated rings. The highest BCUT2D eigenvalue weighted by molar-refractivity contribution is 5.66. The van der Waals surface area contributed by atoms with Crippen LogP contribution in [-0.2, 0) is 0 Å². The quantitative estimate of drug-likeness (QED) is 0.412. The molecular weight excluding hydrogens is 370 g/mol. The van der Waals surface area contributed by atoms with E-state index < -0.39 is 0 Å². The molecule has 30 heavy (non-hydrogen) atoms. The zero-order chi connectivity index (χ0) is 20.9. The molecular formula is C25H21N5. The Hall–Kier alpha value is -4.12. The number of hydrogen-bond acceptors (Lipinski definition) is 5. The summed E-state index contributed by atoms with van der Waals surface area (Å²) in [6, 6.07) is 23.7. The van der Waals surface area contributed by atoms with Gasteiger partial charge in [0.25, 0.3) is 0 Å². The summed E-state index contributed by atoms with van der Waals surface area (Å²) < 4.78 is 0. The molecule has 2 aromatic carbocycles. The Labute approximate surface area is 176 Å². The van der Waals surface area contributed by atoms with Gasteiger partial charge in [0.2, 0.25) is 0 Å². The van der Waals surface area contributed by atoms with E-state index in [0.29, 0.717) is 17.5 Å². The lowest BCUT2D eigenvalue weighted by Crippen LogP contribution is -2.15. The van der Waals surface area contributed by atoms with Crippen LogP contribution in [-0.4, -0.2) is 27.0 Å². The molecule has 5 heteroatoms. The fourth-order valence-corrected chi connectivity index (χ4v) is 2.94. The predicted molar refractivity (Wildman–Crippen MR) is 122 cm³/mol. The summed E-state index contributed by atoms with van der Waals surface area (Å²) in [6.45, 7) is 7.71. The SMILES string of the molecule is C=CC(=C)N(C)c1ccc(-c2nc(-c3ccccc3)nc(-c3ccccc3)n2)cn1. The maximum atomic E-state index is 4.72. The van der Waals surface area contributed by atoms with Crippen molar-refractivity contribution in [3.05, 3.63) is 104 Å². The fourth-order valence-electron chi connectivity index (χ4n) is 2.94. The zero-order valence-corrected chi connectivity index (χ0v) is 16.7. The van der Waals surface area contributed by atoms with E-state index in [-0.39, 0.29) is 0 Å². The second-order valence-electron chi connectivity index (χ2n) is 6.70. The van der Waals surface area contributed by atoms with Crippen molar-refractivity contribution in [1.82, 2.24) is 19.9 Å². The first kappa shape index (κ1) is 19.2. The van der Waals surface area contributed by atoms with E-state index in [4.69, 9.17) is 15.0 Å². The van der Waals surface area contributed by atoms with Gasteiger partial charge in [-0.1, -0.05) is 73.8 Å². The minimum Gasteiger partial charge on any atom is -0.330 e. The number of aromatic nitrogens is 4. The second-order valence-corrected chi connectivity index (χ2v) is 6.70. The van der Waals surface area contributed by atoms with Gasteiger partial charge in [-0.05, 0) is 18.2 Å². The van der Waals surface area contributed by atoms with E-state index in [1.807, 2.05) is 84.7 Å². The van der Waals surface area contributed by atoms with Crippen LogP contribution in [0.4, 0.5) is 5.82 Å². The smallest absolute Gasteiger partial charge is 0.165 e. The molecule has 0 unspecified atom stereocenters. The lowest BCUT2D eigenvalue weighted by molar-refractivity contribution is 1.06. The van der Waals surface area contributed by atoms with Crippen LogP contribution < -0.4 is 4.90 Å². The monoisotopic (exact) mass is 391 g/mol. The minimum absolute atomic E-state index is 0.576. The molecule has 2 heterocycles. The van der Waals surface area contributed by atoms with Crippen molar-refractivity contribution < 1.29 is 0 Å². The van der Waals surface area contributed by atoms with E-state index in [1.54, 1.807) is 12.3 Å². The van der Waals surface area contributed by atoms with Gasteiger partial charge in [-0.25, -0.2) is 19.9 Å². The molecule has 4 rings (SSSR count). The van der Waals surface area contributed by atoms with Gasteiger partial charge in [0, 0.05) is 35.6 Å². The molecule has 4 aromatic rings. The fraction of sp³-hybridized carbons (Fsp3) is 0.0400. The number of allylic oxidation sites excluding steroid dienone is 1. The van der Waals surface area contributed by atoms with E-state index in [0.717, 1.165) is 28.2 Å². The van der Waals surface area contributed by atoms with Gasteiger partial charge in [0.05, 0.1) is 0 Å². The topological polar surface area (TPSA) is 54.8 Å². The summed E-state index contributed by atoms with van der Waals surface area (Å²) >= 11 is 0. The summed E-state index contributed by atoms with van der Waals surface area (Å²) in [6.07, 6.45) is 3.46. The number of rotatable bonds is 6. The molecule has 0 atom stereocenters. The number of pyridine rings is 1. The summed E-state index contributed by atoms with van der Waals surface area (Å²) in [4.78, 5) is 20.6. The van der Waals surface area contributed by atoms with Crippen LogP contribution in [0.3, 0.4) is 0 Å². The molecule has 0 amide bonds. The molecule has 0 saturated heterocycles. The first-order chi connectivity index (χ1) is 14.7. The molecule has 0 aliphatic carbocycles. The summed E-state index contributed by atoms with van der Waals surface area (Å²) in [5.41, 5.74) is 3.45. The highest BCUT2D eigenvalue weighted by Crippen LogP contribution is 2.25. The van der Waals surface area contributed by atoms with E-state index in [9.17, 15) is 0 Å². The third kappa shape index (κ3) is 4.00. The van der Waals surface area contributed by atoms with Crippen LogP contribution in [0.1, 0.15) is 0 Å². The average molecular weight is 391 g/mol. The maximum Gasteiger partial charge on any atom is 0.165 e. The van der Waals surface area contributed by atoms with Gasteiger partial charge >= 0.3 is 0 Å². The van der Waals surface area contributed by atoms with Crippen LogP contribution in [0.15, 0.2) is 104 Å². The van der Waals surface area contributed by atoms with E-state index in [1.165, 1.54) is 0 Å². The number of nitrogens with zero attached hydrogens (tertiary/aromatic N) is 5. The van der Waals surface area contributed by atoms with Crippen LogP contribution >= 0.6 is 0 Å². The van der Waals surface area contributed by atoms with Crippen molar-refractivity contribution in [2.45, 2.75) is 0 Å². The normalized spacial score (nSPS) is 10.4. The molecule has 0 aliphatic heterocycles. The van der Waals surface area contributed by atoms with E-state index in [2.05, 4.69) is 18.1 Å². The number of hydrogen-bond donors (Lipinski definition) is 0. The summed E-state index contributed by atoms with van der Waals surface area (Å²) in [7, 11) is 1.90. The van der Waals surface area contributed by atoms with Crippen molar-refractivity contribution in [1.29, 1.82) is 0 Å².